The van der Waals surface area contributed by atoms with Crippen LogP contribution in [-0.4, -0.2) is 53.6 Å². The molecule has 10 heteroatoms. The Labute approximate surface area is 224 Å². The fraction of sp³-hybridized carbons (Fsp3) is 0.571. The molecule has 1 unspecified atom stereocenters. The van der Waals surface area contributed by atoms with E-state index in [2.05, 4.69) is 15.8 Å². The molecule has 1 saturated carbocycles. The van der Waals surface area contributed by atoms with E-state index < -0.39 is 11.6 Å². The highest BCUT2D eigenvalue weighted by Crippen LogP contribution is 2.40. The SMILES string of the molecule is CCC(C)(C)NC(=O)C(c1cccc(OC)c1OC)N(C(=O)CCC(=O)Nc1cc(C)on1)C1CCCC1. The van der Waals surface area contributed by atoms with E-state index in [0.29, 0.717) is 35.1 Å². The van der Waals surface area contributed by atoms with Crippen molar-refractivity contribution in [2.24, 2.45) is 0 Å². The molecule has 1 aromatic carbocycles. The number of amides is 3. The molecule has 38 heavy (non-hydrogen) atoms. The van der Waals surface area contributed by atoms with Gasteiger partial charge in [0.2, 0.25) is 17.7 Å². The molecule has 1 aliphatic carbocycles. The third-order valence-corrected chi connectivity index (χ3v) is 7.07. The maximum atomic E-state index is 14.0. The van der Waals surface area contributed by atoms with E-state index in [1.807, 2.05) is 20.8 Å². The number of para-hydroxylation sites is 1. The fourth-order valence-corrected chi connectivity index (χ4v) is 4.76. The Morgan fingerprint density at radius 1 is 1.16 bits per heavy atom. The van der Waals surface area contributed by atoms with Crippen LogP contribution < -0.4 is 20.1 Å². The average molecular weight is 529 g/mol. The molecule has 1 aliphatic rings. The minimum absolute atomic E-state index is 0.0575. The lowest BCUT2D eigenvalue weighted by Gasteiger charge is -2.38. The second kappa shape index (κ2) is 12.8. The molecule has 1 aromatic heterocycles. The van der Waals surface area contributed by atoms with E-state index in [-0.39, 0.29) is 36.6 Å². The average Bonchev–Trinajstić information content (AvgIpc) is 3.56. The Morgan fingerprint density at radius 3 is 2.45 bits per heavy atom. The first-order chi connectivity index (χ1) is 18.1. The summed E-state index contributed by atoms with van der Waals surface area (Å²) in [5.41, 5.74) is 0.0561. The molecule has 0 aliphatic heterocycles. The summed E-state index contributed by atoms with van der Waals surface area (Å²) in [6, 6.07) is 5.84. The Morgan fingerprint density at radius 2 is 1.87 bits per heavy atom. The molecule has 0 spiro atoms. The van der Waals surface area contributed by atoms with E-state index in [9.17, 15) is 14.4 Å². The summed E-state index contributed by atoms with van der Waals surface area (Å²) in [4.78, 5) is 42.1. The topological polar surface area (TPSA) is 123 Å². The van der Waals surface area contributed by atoms with Crippen LogP contribution in [0.4, 0.5) is 5.82 Å². The summed E-state index contributed by atoms with van der Waals surface area (Å²) < 4.78 is 16.2. The van der Waals surface area contributed by atoms with Gasteiger partial charge in [-0.05, 0) is 46.1 Å². The quantitative estimate of drug-likeness (QED) is 0.415. The van der Waals surface area contributed by atoms with Crippen molar-refractivity contribution in [1.29, 1.82) is 0 Å². The van der Waals surface area contributed by atoms with Gasteiger partial charge in [-0.2, -0.15) is 0 Å². The molecule has 208 valence electrons. The van der Waals surface area contributed by atoms with E-state index >= 15 is 0 Å². The van der Waals surface area contributed by atoms with Crippen molar-refractivity contribution in [2.45, 2.75) is 90.3 Å². The molecular formula is C28H40N4O6. The van der Waals surface area contributed by atoms with Crippen LogP contribution in [0.25, 0.3) is 0 Å². The van der Waals surface area contributed by atoms with Crippen LogP contribution >= 0.6 is 0 Å². The van der Waals surface area contributed by atoms with Crippen molar-refractivity contribution < 1.29 is 28.4 Å². The number of ether oxygens (including phenoxy) is 2. The molecule has 3 amide bonds. The van der Waals surface area contributed by atoms with Crippen LogP contribution in [0, 0.1) is 6.92 Å². The molecule has 3 rings (SSSR count). The Kier molecular flexibility index (Phi) is 9.77. The van der Waals surface area contributed by atoms with Crippen LogP contribution in [0.3, 0.4) is 0 Å². The highest BCUT2D eigenvalue weighted by Gasteiger charge is 2.40. The first-order valence-corrected chi connectivity index (χ1v) is 13.2. The van der Waals surface area contributed by atoms with Crippen LogP contribution in [0.5, 0.6) is 11.5 Å². The van der Waals surface area contributed by atoms with Gasteiger partial charge >= 0.3 is 0 Å². The van der Waals surface area contributed by atoms with Crippen LogP contribution in [-0.2, 0) is 14.4 Å². The van der Waals surface area contributed by atoms with Crippen molar-refractivity contribution in [2.75, 3.05) is 19.5 Å². The summed E-state index contributed by atoms with van der Waals surface area (Å²) in [5, 5.41) is 9.55. The van der Waals surface area contributed by atoms with Crippen molar-refractivity contribution in [1.82, 2.24) is 15.4 Å². The molecule has 1 heterocycles. The van der Waals surface area contributed by atoms with E-state index in [1.165, 1.54) is 14.2 Å². The predicted molar refractivity (Wildman–Crippen MR) is 143 cm³/mol. The van der Waals surface area contributed by atoms with Gasteiger partial charge in [0, 0.05) is 36.1 Å². The zero-order valence-corrected chi connectivity index (χ0v) is 23.3. The minimum Gasteiger partial charge on any atom is -0.493 e. The van der Waals surface area contributed by atoms with Crippen LogP contribution in [0.1, 0.15) is 83.1 Å². The fourth-order valence-electron chi connectivity index (χ4n) is 4.76. The lowest BCUT2D eigenvalue weighted by atomic mass is 9.96. The number of anilines is 1. The molecule has 0 bridgehead atoms. The molecule has 1 fully saturated rings. The monoisotopic (exact) mass is 528 g/mol. The minimum atomic E-state index is -0.956. The molecular weight excluding hydrogens is 488 g/mol. The van der Waals surface area contributed by atoms with Crippen molar-refractivity contribution in [3.05, 3.63) is 35.6 Å². The lowest BCUT2D eigenvalue weighted by molar-refractivity contribution is -0.144. The third kappa shape index (κ3) is 7.05. The Bertz CT molecular complexity index is 1120. The molecule has 0 radical (unpaired) electrons. The first-order valence-electron chi connectivity index (χ1n) is 13.2. The third-order valence-electron chi connectivity index (χ3n) is 7.07. The number of nitrogens with one attached hydrogen (secondary N) is 2. The zero-order chi connectivity index (χ0) is 27.9. The van der Waals surface area contributed by atoms with Gasteiger partial charge in [-0.15, -0.1) is 0 Å². The molecule has 0 saturated heterocycles. The van der Waals surface area contributed by atoms with Crippen LogP contribution in [0.2, 0.25) is 0 Å². The molecule has 10 nitrogen and oxygen atoms in total. The highest BCUT2D eigenvalue weighted by molar-refractivity contribution is 5.94. The maximum absolute atomic E-state index is 14.0. The normalized spacial score (nSPS) is 14.6. The van der Waals surface area contributed by atoms with E-state index in [0.717, 1.165) is 25.7 Å². The Balaban J connectivity index is 1.96. The lowest BCUT2D eigenvalue weighted by Crippen LogP contribution is -2.52. The van der Waals surface area contributed by atoms with Gasteiger partial charge in [-0.3, -0.25) is 14.4 Å². The van der Waals surface area contributed by atoms with Crippen LogP contribution in [0.15, 0.2) is 28.8 Å². The summed E-state index contributed by atoms with van der Waals surface area (Å²) in [6.07, 6.45) is 4.08. The standard InChI is InChI=1S/C28H40N4O6/c1-7-28(3,4)30-27(35)25(20-13-10-14-21(36-5)26(20)37-6)32(19-11-8-9-12-19)24(34)16-15-23(33)29-22-17-18(2)38-31-22/h10,13-14,17,19,25H,7-9,11-12,15-16H2,1-6H3,(H,30,35)(H,29,31,33). The molecule has 2 N–H and O–H groups in total. The van der Waals surface area contributed by atoms with Crippen molar-refractivity contribution >= 4 is 23.5 Å². The second-order valence-electron chi connectivity index (χ2n) is 10.3. The van der Waals surface area contributed by atoms with Gasteiger partial charge in [0.05, 0.1) is 14.2 Å². The number of benzene rings is 1. The van der Waals surface area contributed by atoms with E-state index in [1.54, 1.807) is 36.1 Å². The number of hydrogen-bond donors (Lipinski definition) is 2. The summed E-state index contributed by atoms with van der Waals surface area (Å²) >= 11 is 0. The van der Waals surface area contributed by atoms with Gasteiger partial charge in [0.15, 0.2) is 17.3 Å². The predicted octanol–water partition coefficient (Wildman–Crippen LogP) is 4.54. The summed E-state index contributed by atoms with van der Waals surface area (Å²) in [7, 11) is 3.05. The number of hydrogen-bond acceptors (Lipinski definition) is 7. The number of carbonyl (C=O) groups is 3. The largest absolute Gasteiger partial charge is 0.493 e. The smallest absolute Gasteiger partial charge is 0.248 e. The van der Waals surface area contributed by atoms with Crippen molar-refractivity contribution in [3.63, 3.8) is 0 Å². The molecule has 2 aromatic rings. The zero-order valence-electron chi connectivity index (χ0n) is 23.3. The highest BCUT2D eigenvalue weighted by atomic mass is 16.5. The van der Waals surface area contributed by atoms with Gasteiger partial charge in [0.25, 0.3) is 0 Å². The van der Waals surface area contributed by atoms with Gasteiger partial charge in [0.1, 0.15) is 11.8 Å². The summed E-state index contributed by atoms with van der Waals surface area (Å²) in [6.45, 7) is 7.62. The number of methoxy groups -OCH3 is 2. The first kappa shape index (κ1) is 29.0. The number of carbonyl (C=O) groups excluding carboxylic acids is 3. The maximum Gasteiger partial charge on any atom is 0.248 e. The van der Waals surface area contributed by atoms with Gasteiger partial charge < -0.3 is 29.5 Å². The summed E-state index contributed by atoms with van der Waals surface area (Å²) in [5.74, 6) is 0.810. The Hall–Kier alpha value is -3.56. The van der Waals surface area contributed by atoms with E-state index in [4.69, 9.17) is 14.0 Å². The number of rotatable bonds is 12. The van der Waals surface area contributed by atoms with Gasteiger partial charge in [-0.25, -0.2) is 0 Å². The number of aromatic nitrogens is 1. The van der Waals surface area contributed by atoms with Crippen molar-refractivity contribution in [3.8, 4) is 11.5 Å². The number of nitrogens with zero attached hydrogens (tertiary/aromatic N) is 2. The molecule has 1 atom stereocenters. The number of aryl methyl sites for hydroxylation is 1. The second-order valence-corrected chi connectivity index (χ2v) is 10.3. The van der Waals surface area contributed by atoms with Gasteiger partial charge in [-0.1, -0.05) is 37.1 Å².